The molecule has 0 saturated heterocycles. The van der Waals surface area contributed by atoms with Crippen LogP contribution in [0.25, 0.3) is 5.57 Å². The van der Waals surface area contributed by atoms with E-state index in [-0.39, 0.29) is 5.91 Å². The molecular weight excluding hydrogens is 370 g/mol. The van der Waals surface area contributed by atoms with Gasteiger partial charge in [-0.3, -0.25) is 9.59 Å². The smallest absolute Gasteiger partial charge is 0.292 e. The monoisotopic (exact) mass is 399 g/mol. The van der Waals surface area contributed by atoms with E-state index >= 15 is 0 Å². The molecule has 0 aliphatic heterocycles. The maximum absolute atomic E-state index is 12.6. The number of amides is 1. The number of aryl methyl sites for hydroxylation is 1. The number of methoxy groups -OCH3 is 1. The Hall–Kier alpha value is -3.28. The van der Waals surface area contributed by atoms with Gasteiger partial charge in [0.1, 0.15) is 11.5 Å². The van der Waals surface area contributed by atoms with E-state index in [0.29, 0.717) is 36.7 Å². The van der Waals surface area contributed by atoms with E-state index in [1.54, 1.807) is 6.07 Å². The Bertz CT molecular complexity index is 845. The number of carbonyl (C=O) groups is 2. The molecule has 1 N–H and O–H groups in total. The number of hydrogen-bond donors (Lipinski definition) is 1. The molecule has 0 atom stereocenters. The Labute approximate surface area is 172 Å². The van der Waals surface area contributed by atoms with Crippen molar-refractivity contribution in [2.45, 2.75) is 27.7 Å². The highest BCUT2D eigenvalue weighted by atomic mass is 16.5. The summed E-state index contributed by atoms with van der Waals surface area (Å²) in [6.07, 6.45) is 0. The summed E-state index contributed by atoms with van der Waals surface area (Å²) in [7, 11) is 1.31. The Morgan fingerprint density at radius 3 is 2.10 bits per heavy atom. The second-order valence-electron chi connectivity index (χ2n) is 6.12. The molecule has 0 radical (unpaired) electrons. The lowest BCUT2D eigenvalue weighted by Crippen LogP contribution is -2.13. The van der Waals surface area contributed by atoms with Crippen LogP contribution < -0.4 is 14.8 Å². The normalized spacial score (nSPS) is 9.55. The van der Waals surface area contributed by atoms with Gasteiger partial charge in [-0.2, -0.15) is 0 Å². The molecule has 6 heteroatoms. The number of allylic oxidation sites excluding steroid dienone is 1. The third-order valence-corrected chi connectivity index (χ3v) is 3.85. The zero-order chi connectivity index (χ0) is 21.8. The van der Waals surface area contributed by atoms with E-state index in [2.05, 4.69) is 16.6 Å². The number of nitrogens with one attached hydrogen (secondary N) is 1. The molecule has 0 heterocycles. The lowest BCUT2D eigenvalue weighted by Gasteiger charge is -2.14. The maximum Gasteiger partial charge on any atom is 0.292 e. The van der Waals surface area contributed by atoms with Gasteiger partial charge >= 0.3 is 0 Å². The summed E-state index contributed by atoms with van der Waals surface area (Å²) in [6, 6.07) is 11.1. The molecule has 2 aromatic carbocycles. The van der Waals surface area contributed by atoms with Crippen molar-refractivity contribution in [2.75, 3.05) is 25.6 Å². The topological polar surface area (TPSA) is 73.9 Å². The van der Waals surface area contributed by atoms with Gasteiger partial charge in [0.2, 0.25) is 0 Å². The van der Waals surface area contributed by atoms with E-state index in [1.807, 2.05) is 58.0 Å². The molecule has 0 aromatic heterocycles. The largest absolute Gasteiger partial charge is 0.494 e. The van der Waals surface area contributed by atoms with Crippen LogP contribution in [0.2, 0.25) is 0 Å². The van der Waals surface area contributed by atoms with Crippen LogP contribution in [0.15, 0.2) is 43.0 Å². The van der Waals surface area contributed by atoms with Crippen molar-refractivity contribution in [3.05, 3.63) is 59.7 Å². The zero-order valence-electron chi connectivity index (χ0n) is 17.7. The molecule has 0 bridgehead atoms. The van der Waals surface area contributed by atoms with Gasteiger partial charge < -0.3 is 19.5 Å². The Morgan fingerprint density at radius 2 is 1.59 bits per heavy atom. The molecule has 0 fully saturated rings. The van der Waals surface area contributed by atoms with Crippen molar-refractivity contribution in [1.29, 1.82) is 0 Å². The molecule has 156 valence electrons. The molecule has 29 heavy (non-hydrogen) atoms. The lowest BCUT2D eigenvalue weighted by atomic mass is 10.1. The summed E-state index contributed by atoms with van der Waals surface area (Å²) < 4.78 is 15.0. The van der Waals surface area contributed by atoms with Crippen LogP contribution in [0.1, 0.15) is 42.3 Å². The second-order valence-corrected chi connectivity index (χ2v) is 6.12. The fourth-order valence-electron chi connectivity index (χ4n) is 2.48. The first-order chi connectivity index (χ1) is 13.9. The first kappa shape index (κ1) is 23.8. The number of carbonyl (C=O) groups excluding carboxylic acids is 2. The first-order valence-electron chi connectivity index (χ1n) is 9.31. The highest BCUT2D eigenvalue weighted by molar-refractivity contribution is 6.05. The average Bonchev–Trinajstić information content (AvgIpc) is 2.71. The van der Waals surface area contributed by atoms with Crippen molar-refractivity contribution in [3.63, 3.8) is 0 Å². The van der Waals surface area contributed by atoms with Crippen LogP contribution in [0.3, 0.4) is 0 Å². The molecule has 1 amide bonds. The first-order valence-corrected chi connectivity index (χ1v) is 9.31. The summed E-state index contributed by atoms with van der Waals surface area (Å²) >= 11 is 0. The van der Waals surface area contributed by atoms with Gasteiger partial charge in [0, 0.05) is 5.56 Å². The second kappa shape index (κ2) is 12.2. The minimum absolute atomic E-state index is 0.189. The van der Waals surface area contributed by atoms with E-state index in [4.69, 9.17) is 14.3 Å². The quantitative estimate of drug-likeness (QED) is 0.641. The molecule has 2 aromatic rings. The average molecular weight is 399 g/mol. The number of ether oxygens (including phenoxy) is 3. The summed E-state index contributed by atoms with van der Waals surface area (Å²) in [5.41, 5.74) is 4.02. The summed E-state index contributed by atoms with van der Waals surface area (Å²) in [4.78, 5) is 21.6. The van der Waals surface area contributed by atoms with E-state index in [1.165, 1.54) is 7.11 Å². The minimum atomic E-state index is -0.189. The van der Waals surface area contributed by atoms with Crippen molar-refractivity contribution in [1.82, 2.24) is 0 Å². The molecule has 6 nitrogen and oxygen atoms in total. The van der Waals surface area contributed by atoms with Crippen molar-refractivity contribution in [2.24, 2.45) is 0 Å². The van der Waals surface area contributed by atoms with Gasteiger partial charge in [-0.1, -0.05) is 18.2 Å². The fraction of sp³-hybridized carbons (Fsp3) is 0.304. The van der Waals surface area contributed by atoms with Gasteiger partial charge in [-0.05, 0) is 69.2 Å². The Morgan fingerprint density at radius 1 is 1.03 bits per heavy atom. The van der Waals surface area contributed by atoms with Gasteiger partial charge in [-0.25, -0.2) is 0 Å². The van der Waals surface area contributed by atoms with Crippen LogP contribution >= 0.6 is 0 Å². The third kappa shape index (κ3) is 7.33. The van der Waals surface area contributed by atoms with E-state index in [0.717, 1.165) is 22.4 Å². The molecule has 2 rings (SSSR count). The van der Waals surface area contributed by atoms with Gasteiger partial charge in [-0.15, -0.1) is 0 Å². The number of rotatable bonds is 8. The van der Waals surface area contributed by atoms with Gasteiger partial charge in [0.25, 0.3) is 12.4 Å². The molecule has 0 saturated carbocycles. The van der Waals surface area contributed by atoms with E-state index < -0.39 is 0 Å². The zero-order valence-corrected chi connectivity index (χ0v) is 17.7. The Balaban J connectivity index is 0.000000960. The summed E-state index contributed by atoms with van der Waals surface area (Å²) in [6.45, 7) is 13.1. The van der Waals surface area contributed by atoms with Gasteiger partial charge in [0.15, 0.2) is 0 Å². The molecular formula is C23H29NO5. The highest BCUT2D eigenvalue weighted by Crippen LogP contribution is 2.29. The predicted octanol–water partition coefficient (Wildman–Crippen LogP) is 4.87. The van der Waals surface area contributed by atoms with Crippen molar-refractivity contribution >= 4 is 23.6 Å². The summed E-state index contributed by atoms with van der Waals surface area (Å²) in [5, 5.41) is 2.94. The standard InChI is InChI=1S/C21H25NO3.C2H4O2/c1-6-24-19-10-9-17(12-15(19)5)21(23)22-18-13-16(14(3)4)8-11-20(18)25-7-2;1-4-2-3/h8-13H,3,6-7H2,1-2,4-5H3,(H,22,23);2H,1H3. The van der Waals surface area contributed by atoms with Crippen molar-refractivity contribution in [3.8, 4) is 11.5 Å². The van der Waals surface area contributed by atoms with E-state index in [9.17, 15) is 4.79 Å². The fourth-order valence-corrected chi connectivity index (χ4v) is 2.48. The van der Waals surface area contributed by atoms with Crippen LogP contribution in [-0.4, -0.2) is 32.7 Å². The van der Waals surface area contributed by atoms with Crippen LogP contribution in [0.4, 0.5) is 5.69 Å². The predicted molar refractivity (Wildman–Crippen MR) is 116 cm³/mol. The summed E-state index contributed by atoms with van der Waals surface area (Å²) in [5.74, 6) is 1.24. The third-order valence-electron chi connectivity index (χ3n) is 3.85. The maximum atomic E-state index is 12.6. The molecule has 0 aliphatic carbocycles. The van der Waals surface area contributed by atoms with Crippen LogP contribution in [-0.2, 0) is 9.53 Å². The van der Waals surface area contributed by atoms with Crippen LogP contribution in [0, 0.1) is 6.92 Å². The highest BCUT2D eigenvalue weighted by Gasteiger charge is 2.13. The van der Waals surface area contributed by atoms with Crippen molar-refractivity contribution < 1.29 is 23.8 Å². The number of benzene rings is 2. The van der Waals surface area contributed by atoms with Gasteiger partial charge in [0.05, 0.1) is 26.0 Å². The molecule has 0 unspecified atom stereocenters. The molecule has 0 spiro atoms. The Kier molecular flexibility index (Phi) is 10.0. The number of anilines is 1. The lowest BCUT2D eigenvalue weighted by molar-refractivity contribution is -0.126. The number of hydrogen-bond acceptors (Lipinski definition) is 5. The SMILES string of the molecule is C=C(C)c1ccc(OCC)c(NC(=O)c2ccc(OCC)c(C)c2)c1.COC=O. The van der Waals surface area contributed by atoms with Crippen LogP contribution in [0.5, 0.6) is 11.5 Å². The molecule has 0 aliphatic rings. The minimum Gasteiger partial charge on any atom is -0.494 e.